The Hall–Kier alpha value is -1.51. The number of sulfonamides is 1. The first-order valence-corrected chi connectivity index (χ1v) is 9.68. The minimum Gasteiger partial charge on any atom is -0.338 e. The fourth-order valence-corrected chi connectivity index (χ4v) is 3.94. The molecule has 0 saturated carbocycles. The fourth-order valence-electron chi connectivity index (χ4n) is 2.83. The van der Waals surface area contributed by atoms with Gasteiger partial charge >= 0.3 is 0 Å². The molecule has 1 aromatic carbocycles. The summed E-state index contributed by atoms with van der Waals surface area (Å²) in [5, 5.41) is 3.23. The van der Waals surface area contributed by atoms with Gasteiger partial charge in [-0.3, -0.25) is 4.79 Å². The van der Waals surface area contributed by atoms with Crippen LogP contribution in [-0.2, 0) is 14.8 Å². The van der Waals surface area contributed by atoms with Gasteiger partial charge in [-0.05, 0) is 31.5 Å². The van der Waals surface area contributed by atoms with Crippen LogP contribution in [0, 0.1) is 5.82 Å². The van der Waals surface area contributed by atoms with E-state index >= 15 is 0 Å². The van der Waals surface area contributed by atoms with Crippen LogP contribution in [0.2, 0.25) is 0 Å². The number of benzene rings is 1. The Labute approximate surface area is 142 Å². The molecule has 2 rings (SSSR count). The molecule has 2 N–H and O–H groups in total. The molecule has 1 fully saturated rings. The first-order valence-electron chi connectivity index (χ1n) is 8.20. The lowest BCUT2D eigenvalue weighted by Gasteiger charge is -2.28. The minimum atomic E-state index is -3.95. The van der Waals surface area contributed by atoms with Gasteiger partial charge in [0.2, 0.25) is 15.9 Å². The van der Waals surface area contributed by atoms with Crippen molar-refractivity contribution in [1.29, 1.82) is 0 Å². The smallest absolute Gasteiger partial charge is 0.243 e. The second kappa shape index (κ2) is 8.55. The molecule has 0 bridgehead atoms. The maximum atomic E-state index is 13.6. The average Bonchev–Trinajstić information content (AvgIpc) is 3.06. The normalized spacial score (nSPS) is 17.8. The van der Waals surface area contributed by atoms with Gasteiger partial charge in [-0.1, -0.05) is 19.1 Å². The van der Waals surface area contributed by atoms with E-state index < -0.39 is 20.7 Å². The highest BCUT2D eigenvalue weighted by Gasteiger charge is 2.26. The molecule has 1 heterocycles. The lowest BCUT2D eigenvalue weighted by Crippen LogP contribution is -2.43. The number of carbonyl (C=O) groups excluding carboxylic acids is 1. The number of amides is 1. The molecule has 0 radical (unpaired) electrons. The minimum absolute atomic E-state index is 0.0458. The summed E-state index contributed by atoms with van der Waals surface area (Å²) in [4.78, 5) is 13.8. The van der Waals surface area contributed by atoms with Crippen molar-refractivity contribution < 1.29 is 17.6 Å². The number of hydrogen-bond donors (Lipinski definition) is 2. The summed E-state index contributed by atoms with van der Waals surface area (Å²) in [6, 6.07) is 5.35. The summed E-state index contributed by atoms with van der Waals surface area (Å²) in [5.41, 5.74) is 0. The summed E-state index contributed by atoms with van der Waals surface area (Å²) in [7, 11) is -3.95. The maximum absolute atomic E-state index is 13.6. The molecular weight excluding hydrogens is 333 g/mol. The first-order chi connectivity index (χ1) is 11.5. The van der Waals surface area contributed by atoms with Crippen molar-refractivity contribution in [3.05, 3.63) is 30.1 Å². The van der Waals surface area contributed by atoms with Crippen molar-refractivity contribution >= 4 is 15.9 Å². The zero-order valence-corrected chi connectivity index (χ0v) is 14.6. The molecule has 24 heavy (non-hydrogen) atoms. The molecule has 8 heteroatoms. The number of nitrogens with one attached hydrogen (secondary N) is 2. The van der Waals surface area contributed by atoms with Gasteiger partial charge in [0.05, 0.1) is 0 Å². The van der Waals surface area contributed by atoms with E-state index in [9.17, 15) is 17.6 Å². The van der Waals surface area contributed by atoms with Gasteiger partial charge in [0.15, 0.2) is 0 Å². The van der Waals surface area contributed by atoms with Crippen LogP contribution in [0.1, 0.15) is 26.2 Å². The van der Waals surface area contributed by atoms with Crippen LogP contribution in [0.15, 0.2) is 29.2 Å². The molecule has 1 aliphatic heterocycles. The van der Waals surface area contributed by atoms with Crippen LogP contribution in [-0.4, -0.2) is 51.4 Å². The molecule has 1 amide bonds. The summed E-state index contributed by atoms with van der Waals surface area (Å²) < 4.78 is 40.1. The Balaban J connectivity index is 1.92. The van der Waals surface area contributed by atoms with Crippen LogP contribution in [0.5, 0.6) is 0 Å². The van der Waals surface area contributed by atoms with E-state index in [1.165, 1.54) is 18.2 Å². The molecular formula is C16H24FN3O3S. The zero-order valence-electron chi connectivity index (χ0n) is 13.8. The molecule has 134 valence electrons. The highest BCUT2D eigenvalue weighted by atomic mass is 32.2. The van der Waals surface area contributed by atoms with Gasteiger partial charge in [-0.15, -0.1) is 0 Å². The largest absolute Gasteiger partial charge is 0.338 e. The van der Waals surface area contributed by atoms with E-state index in [1.54, 1.807) is 0 Å². The van der Waals surface area contributed by atoms with Gasteiger partial charge in [-0.2, -0.15) is 0 Å². The molecule has 1 unspecified atom stereocenters. The molecule has 0 spiro atoms. The second-order valence-electron chi connectivity index (χ2n) is 5.81. The quantitative estimate of drug-likeness (QED) is 0.730. The Morgan fingerprint density at radius 2 is 2.17 bits per heavy atom. The Bertz CT molecular complexity index is 660. The van der Waals surface area contributed by atoms with E-state index in [0.717, 1.165) is 32.0 Å². The van der Waals surface area contributed by atoms with Gasteiger partial charge < -0.3 is 10.2 Å². The Kier molecular flexibility index (Phi) is 6.70. The van der Waals surface area contributed by atoms with Crippen LogP contribution < -0.4 is 10.0 Å². The monoisotopic (exact) mass is 357 g/mol. The van der Waals surface area contributed by atoms with Crippen LogP contribution in [0.25, 0.3) is 0 Å². The number of halogens is 1. The first kappa shape index (κ1) is 18.8. The fraction of sp³-hybridized carbons (Fsp3) is 0.562. The van der Waals surface area contributed by atoms with Gasteiger partial charge in [0.1, 0.15) is 10.7 Å². The molecule has 0 aliphatic carbocycles. The number of rotatable bonds is 8. The predicted octanol–water partition coefficient (Wildman–Crippen LogP) is 1.09. The average molecular weight is 357 g/mol. The SMILES string of the molecule is CCCN(C(=O)CCNS(=O)(=O)c1ccccc1F)C1CCNC1. The summed E-state index contributed by atoms with van der Waals surface area (Å²) in [6.07, 6.45) is 1.82. The van der Waals surface area contributed by atoms with E-state index in [-0.39, 0.29) is 24.9 Å². The summed E-state index contributed by atoms with van der Waals surface area (Å²) >= 11 is 0. The van der Waals surface area contributed by atoms with Crippen molar-refractivity contribution in [1.82, 2.24) is 14.9 Å². The predicted molar refractivity (Wildman–Crippen MR) is 89.5 cm³/mol. The highest BCUT2D eigenvalue weighted by Crippen LogP contribution is 2.14. The van der Waals surface area contributed by atoms with E-state index in [1.807, 2.05) is 11.8 Å². The number of nitrogens with zero attached hydrogens (tertiary/aromatic N) is 1. The van der Waals surface area contributed by atoms with E-state index in [0.29, 0.717) is 6.54 Å². The topological polar surface area (TPSA) is 78.5 Å². The third-order valence-electron chi connectivity index (χ3n) is 4.02. The lowest BCUT2D eigenvalue weighted by atomic mass is 10.2. The van der Waals surface area contributed by atoms with Gasteiger partial charge in [-0.25, -0.2) is 17.5 Å². The van der Waals surface area contributed by atoms with Crippen molar-refractivity contribution in [2.24, 2.45) is 0 Å². The summed E-state index contributed by atoms with van der Waals surface area (Å²) in [5.74, 6) is -0.886. The molecule has 1 aromatic rings. The standard InChI is InChI=1S/C16H24FN3O3S/c1-2-11-20(13-7-9-18-12-13)16(21)8-10-19-24(22,23)15-6-4-3-5-14(15)17/h3-6,13,18-19H,2,7-12H2,1H3. The third-order valence-corrected chi connectivity index (χ3v) is 5.51. The molecule has 1 aliphatic rings. The lowest BCUT2D eigenvalue weighted by molar-refractivity contribution is -0.133. The Morgan fingerprint density at radius 1 is 1.42 bits per heavy atom. The zero-order chi connectivity index (χ0) is 17.6. The molecule has 1 saturated heterocycles. The van der Waals surface area contributed by atoms with Crippen LogP contribution >= 0.6 is 0 Å². The molecule has 0 aromatic heterocycles. The van der Waals surface area contributed by atoms with Crippen molar-refractivity contribution in [3.63, 3.8) is 0 Å². The molecule has 1 atom stereocenters. The van der Waals surface area contributed by atoms with Crippen molar-refractivity contribution in [2.75, 3.05) is 26.2 Å². The van der Waals surface area contributed by atoms with E-state index in [4.69, 9.17) is 0 Å². The molecule has 6 nitrogen and oxygen atoms in total. The number of carbonyl (C=O) groups is 1. The third kappa shape index (κ3) is 4.75. The second-order valence-corrected chi connectivity index (χ2v) is 7.55. The number of hydrogen-bond acceptors (Lipinski definition) is 4. The van der Waals surface area contributed by atoms with Gasteiger partial charge in [0.25, 0.3) is 0 Å². The Morgan fingerprint density at radius 3 is 2.79 bits per heavy atom. The summed E-state index contributed by atoms with van der Waals surface area (Å²) in [6.45, 7) is 4.27. The maximum Gasteiger partial charge on any atom is 0.243 e. The highest BCUT2D eigenvalue weighted by molar-refractivity contribution is 7.89. The van der Waals surface area contributed by atoms with Crippen molar-refractivity contribution in [2.45, 2.75) is 37.1 Å². The van der Waals surface area contributed by atoms with Crippen molar-refractivity contribution in [3.8, 4) is 0 Å². The van der Waals surface area contributed by atoms with Gasteiger partial charge in [0, 0.05) is 32.1 Å². The van der Waals surface area contributed by atoms with Crippen LogP contribution in [0.4, 0.5) is 4.39 Å². The van der Waals surface area contributed by atoms with Crippen LogP contribution in [0.3, 0.4) is 0 Å². The van der Waals surface area contributed by atoms with E-state index in [2.05, 4.69) is 10.0 Å².